The van der Waals surface area contributed by atoms with Crippen LogP contribution in [-0.2, 0) is 30.3 Å². The van der Waals surface area contributed by atoms with Gasteiger partial charge in [0.15, 0.2) is 0 Å². The van der Waals surface area contributed by atoms with Crippen molar-refractivity contribution in [1.82, 2.24) is 4.90 Å². The molecule has 2 aromatic carbocycles. The van der Waals surface area contributed by atoms with Gasteiger partial charge in [-0.2, -0.15) is 0 Å². The maximum Gasteiger partial charge on any atom is 0.312 e. The van der Waals surface area contributed by atoms with E-state index in [1.165, 1.54) is 4.90 Å². The van der Waals surface area contributed by atoms with Crippen LogP contribution in [-0.4, -0.2) is 71.3 Å². The number of anilines is 1. The molecule has 0 aliphatic carbocycles. The Morgan fingerprint density at radius 1 is 1.19 bits per heavy atom. The third-order valence-corrected chi connectivity index (χ3v) is 9.19. The van der Waals surface area contributed by atoms with Crippen LogP contribution < -0.4 is 4.90 Å². The zero-order chi connectivity index (χ0) is 30.7. The standard InChI is InChI=1S/C35H42N2O6/c1-5-7-11-19-42-34(41)29-28-16-17-35(43-28)30(29)32(39)37(26(22-38)21-25-12-9-8-10-13-25)31(35)33(40)36(18-6-2)27-20-23(3)14-15-24(27)4/h5-6,8-10,12-15,20,26,28-31,38H,1-2,7,11,16-19,21-22H2,3-4H3/t26-,28-,29+,30+,31?,35?/m1/s1. The number of amides is 2. The zero-order valence-electron chi connectivity index (χ0n) is 25.1. The summed E-state index contributed by atoms with van der Waals surface area (Å²) in [7, 11) is 0. The van der Waals surface area contributed by atoms with Crippen LogP contribution in [0.5, 0.6) is 0 Å². The summed E-state index contributed by atoms with van der Waals surface area (Å²) in [5, 5.41) is 10.7. The number of hydrogen-bond acceptors (Lipinski definition) is 6. The van der Waals surface area contributed by atoms with Gasteiger partial charge in [-0.25, -0.2) is 0 Å². The fraction of sp³-hybridized carbons (Fsp3) is 0.457. The summed E-state index contributed by atoms with van der Waals surface area (Å²) in [6, 6.07) is 13.8. The summed E-state index contributed by atoms with van der Waals surface area (Å²) in [6.07, 6.45) is 5.63. The number of hydrogen-bond donors (Lipinski definition) is 1. The monoisotopic (exact) mass is 586 g/mol. The molecule has 228 valence electrons. The lowest BCUT2D eigenvalue weighted by Gasteiger charge is -2.39. The van der Waals surface area contributed by atoms with Crippen LogP contribution in [0.3, 0.4) is 0 Å². The minimum Gasteiger partial charge on any atom is -0.465 e. The second kappa shape index (κ2) is 12.9. The number of aryl methyl sites for hydroxylation is 2. The molecule has 2 bridgehead atoms. The average Bonchev–Trinajstić information content (AvgIpc) is 3.66. The molecule has 0 radical (unpaired) electrons. The summed E-state index contributed by atoms with van der Waals surface area (Å²) in [4.78, 5) is 46.1. The number of esters is 1. The minimum absolute atomic E-state index is 0.223. The first kappa shape index (κ1) is 30.7. The fourth-order valence-corrected chi connectivity index (χ4v) is 7.26. The van der Waals surface area contributed by atoms with Crippen LogP contribution in [0.2, 0.25) is 0 Å². The Bertz CT molecular complexity index is 1380. The lowest BCUT2D eigenvalue weighted by molar-refractivity contribution is -0.155. The normalized spacial score (nSPS) is 26.2. The Hall–Kier alpha value is -3.75. The number of carbonyl (C=O) groups is 3. The van der Waals surface area contributed by atoms with Crippen LogP contribution in [0.25, 0.3) is 0 Å². The van der Waals surface area contributed by atoms with E-state index in [-0.39, 0.29) is 31.6 Å². The molecule has 3 aliphatic rings. The number of allylic oxidation sites excluding steroid dienone is 1. The van der Waals surface area contributed by atoms with Gasteiger partial charge in [-0.1, -0.05) is 54.6 Å². The molecule has 2 aromatic rings. The van der Waals surface area contributed by atoms with Crippen LogP contribution >= 0.6 is 0 Å². The molecule has 3 heterocycles. The molecule has 5 rings (SSSR count). The van der Waals surface area contributed by atoms with Crippen molar-refractivity contribution >= 4 is 23.5 Å². The highest BCUT2D eigenvalue weighted by molar-refractivity contribution is 6.05. The van der Waals surface area contributed by atoms with Gasteiger partial charge >= 0.3 is 5.97 Å². The van der Waals surface area contributed by atoms with E-state index in [1.54, 1.807) is 17.1 Å². The first-order chi connectivity index (χ1) is 20.8. The van der Waals surface area contributed by atoms with Gasteiger partial charge in [0, 0.05) is 12.2 Å². The van der Waals surface area contributed by atoms with E-state index in [1.807, 2.05) is 62.4 Å². The Morgan fingerprint density at radius 2 is 1.95 bits per heavy atom. The van der Waals surface area contributed by atoms with Crippen LogP contribution in [0.4, 0.5) is 5.69 Å². The molecule has 0 aromatic heterocycles. The van der Waals surface area contributed by atoms with Crippen molar-refractivity contribution in [2.75, 3.05) is 24.7 Å². The lowest BCUT2D eigenvalue weighted by Crippen LogP contribution is -2.59. The first-order valence-electron chi connectivity index (χ1n) is 15.2. The molecule has 1 spiro atoms. The smallest absolute Gasteiger partial charge is 0.312 e. The maximum absolute atomic E-state index is 14.9. The van der Waals surface area contributed by atoms with Crippen molar-refractivity contribution in [3.63, 3.8) is 0 Å². The van der Waals surface area contributed by atoms with Gasteiger partial charge in [0.1, 0.15) is 11.6 Å². The fourth-order valence-electron chi connectivity index (χ4n) is 7.26. The molecule has 3 aliphatic heterocycles. The van der Waals surface area contributed by atoms with E-state index in [0.717, 1.165) is 22.4 Å². The first-order valence-corrected chi connectivity index (χ1v) is 15.2. The van der Waals surface area contributed by atoms with E-state index >= 15 is 0 Å². The summed E-state index contributed by atoms with van der Waals surface area (Å²) < 4.78 is 12.2. The van der Waals surface area contributed by atoms with E-state index < -0.39 is 41.6 Å². The van der Waals surface area contributed by atoms with Gasteiger partial charge in [-0.15, -0.1) is 13.2 Å². The third kappa shape index (κ3) is 5.54. The van der Waals surface area contributed by atoms with Crippen molar-refractivity contribution in [3.8, 4) is 0 Å². The summed E-state index contributed by atoms with van der Waals surface area (Å²) in [5.74, 6) is -2.81. The maximum atomic E-state index is 14.9. The number of rotatable bonds is 13. The Balaban J connectivity index is 1.57. The van der Waals surface area contributed by atoms with Crippen molar-refractivity contribution < 1.29 is 29.0 Å². The van der Waals surface area contributed by atoms with Gasteiger partial charge in [-0.3, -0.25) is 14.4 Å². The molecule has 6 atom stereocenters. The van der Waals surface area contributed by atoms with Gasteiger partial charge < -0.3 is 24.4 Å². The molecule has 2 amide bonds. The molecule has 0 saturated carbocycles. The molecular weight excluding hydrogens is 544 g/mol. The largest absolute Gasteiger partial charge is 0.465 e. The van der Waals surface area contributed by atoms with E-state index in [9.17, 15) is 19.5 Å². The van der Waals surface area contributed by atoms with Gasteiger partial charge in [0.25, 0.3) is 5.91 Å². The highest BCUT2D eigenvalue weighted by atomic mass is 16.6. The lowest BCUT2D eigenvalue weighted by atomic mass is 9.70. The quantitative estimate of drug-likeness (QED) is 0.214. The van der Waals surface area contributed by atoms with Crippen LogP contribution in [0.1, 0.15) is 42.4 Å². The third-order valence-electron chi connectivity index (χ3n) is 9.19. The number of fused-ring (bicyclic) bond motifs is 1. The highest BCUT2D eigenvalue weighted by Gasteiger charge is 2.75. The van der Waals surface area contributed by atoms with Crippen molar-refractivity contribution in [2.24, 2.45) is 11.8 Å². The van der Waals surface area contributed by atoms with Crippen molar-refractivity contribution in [3.05, 3.63) is 90.5 Å². The predicted molar refractivity (Wildman–Crippen MR) is 164 cm³/mol. The number of nitrogens with zero attached hydrogens (tertiary/aromatic N) is 2. The predicted octanol–water partition coefficient (Wildman–Crippen LogP) is 4.31. The van der Waals surface area contributed by atoms with Crippen LogP contribution in [0.15, 0.2) is 73.8 Å². The molecule has 3 saturated heterocycles. The van der Waals surface area contributed by atoms with E-state index in [2.05, 4.69) is 13.2 Å². The topological polar surface area (TPSA) is 96.4 Å². The molecule has 2 unspecified atom stereocenters. The number of ether oxygens (including phenoxy) is 2. The molecule has 8 heteroatoms. The summed E-state index contributed by atoms with van der Waals surface area (Å²) in [6.45, 7) is 11.6. The van der Waals surface area contributed by atoms with Crippen molar-refractivity contribution in [1.29, 1.82) is 0 Å². The second-order valence-electron chi connectivity index (χ2n) is 12.0. The number of unbranched alkanes of at least 4 members (excludes halogenated alkanes) is 1. The molecule has 43 heavy (non-hydrogen) atoms. The molecular formula is C35H42N2O6. The van der Waals surface area contributed by atoms with Gasteiger partial charge in [0.2, 0.25) is 5.91 Å². The number of aliphatic hydroxyl groups excluding tert-OH is 1. The van der Waals surface area contributed by atoms with Gasteiger partial charge in [-0.05, 0) is 68.7 Å². The molecule has 3 fully saturated rings. The molecule has 1 N–H and O–H groups in total. The number of aliphatic hydroxyl groups is 1. The SMILES string of the molecule is C=CCCCOC(=O)[C@@H]1[C@H]2C(=O)N([C@@H](CO)Cc3ccccc3)C(C(=O)N(CC=C)c3cc(C)ccc3C)C23CC[C@H]1O3. The second-order valence-corrected chi connectivity index (χ2v) is 12.0. The Kier molecular flexibility index (Phi) is 9.18. The number of benzene rings is 2. The highest BCUT2D eigenvalue weighted by Crippen LogP contribution is 2.59. The summed E-state index contributed by atoms with van der Waals surface area (Å²) in [5.41, 5.74) is 2.35. The van der Waals surface area contributed by atoms with Crippen molar-refractivity contribution in [2.45, 2.75) is 69.7 Å². The number of carbonyl (C=O) groups excluding carboxylic acids is 3. The van der Waals surface area contributed by atoms with Crippen LogP contribution in [0, 0.1) is 25.7 Å². The average molecular weight is 587 g/mol. The zero-order valence-corrected chi connectivity index (χ0v) is 25.1. The number of likely N-dealkylation sites (tertiary alicyclic amines) is 1. The van der Waals surface area contributed by atoms with E-state index in [4.69, 9.17) is 9.47 Å². The Labute approximate surface area is 254 Å². The summed E-state index contributed by atoms with van der Waals surface area (Å²) >= 11 is 0. The Morgan fingerprint density at radius 3 is 2.65 bits per heavy atom. The van der Waals surface area contributed by atoms with E-state index in [0.29, 0.717) is 32.1 Å². The van der Waals surface area contributed by atoms with Gasteiger partial charge in [0.05, 0.1) is 37.2 Å². The molecule has 8 nitrogen and oxygen atoms in total. The minimum atomic E-state index is -1.20.